The summed E-state index contributed by atoms with van der Waals surface area (Å²) in [5.74, 6) is 2.23. The maximum absolute atomic E-state index is 11.5. The van der Waals surface area contributed by atoms with Gasteiger partial charge in [-0.3, -0.25) is 0 Å². The average Bonchev–Trinajstić information content (AvgIpc) is 3.79. The number of ether oxygens (including phenoxy) is 3. The highest BCUT2D eigenvalue weighted by Crippen LogP contribution is 2.37. The third kappa shape index (κ3) is 9.00. The third-order valence-corrected chi connectivity index (χ3v) is 7.70. The van der Waals surface area contributed by atoms with Crippen LogP contribution in [0.4, 0.5) is 5.82 Å². The first-order chi connectivity index (χ1) is 24.1. The lowest BCUT2D eigenvalue weighted by Crippen LogP contribution is -2.12. The summed E-state index contributed by atoms with van der Waals surface area (Å²) in [7, 11) is 1.33. The minimum Gasteiger partial charge on any atom is -0.494 e. The van der Waals surface area contributed by atoms with Crippen LogP contribution < -0.4 is 15.2 Å². The number of amidine groups is 1. The second-order valence-electron chi connectivity index (χ2n) is 10.9. The van der Waals surface area contributed by atoms with Crippen molar-refractivity contribution in [1.29, 1.82) is 0 Å². The van der Waals surface area contributed by atoms with Crippen LogP contribution in [0.2, 0.25) is 0 Å². The van der Waals surface area contributed by atoms with Crippen LogP contribution in [-0.2, 0) is 9.53 Å². The zero-order chi connectivity index (χ0) is 34.4. The molecule has 8 nitrogen and oxygen atoms in total. The van der Waals surface area contributed by atoms with Crippen molar-refractivity contribution in [3.63, 3.8) is 0 Å². The molecular weight excluding hydrogens is 612 g/mol. The molecule has 2 heterocycles. The topological polar surface area (TPSA) is 111 Å². The number of unbranched alkanes of at least 4 members (excludes halogenated alkanes) is 1. The number of allylic oxidation sites excluding steroid dienone is 1. The summed E-state index contributed by atoms with van der Waals surface area (Å²) in [6, 6.07) is 38.0. The minimum absolute atomic E-state index is 0.158. The molecule has 0 spiro atoms. The summed E-state index contributed by atoms with van der Waals surface area (Å²) >= 11 is 0. The number of nitrogens with two attached hydrogens (primary N) is 1. The van der Waals surface area contributed by atoms with Gasteiger partial charge in [0.15, 0.2) is 12.4 Å². The Bertz CT molecular complexity index is 1890. The summed E-state index contributed by atoms with van der Waals surface area (Å²) in [5.41, 5.74) is 13.2. The number of carbonyl (C=O) groups excluding carboxylic acids is 1. The van der Waals surface area contributed by atoms with Gasteiger partial charge in [0.1, 0.15) is 17.3 Å². The van der Waals surface area contributed by atoms with Crippen molar-refractivity contribution in [3.8, 4) is 33.9 Å². The smallest absolute Gasteiger partial charge is 0.343 e. The highest BCUT2D eigenvalue weighted by molar-refractivity contribution is 6.38. The van der Waals surface area contributed by atoms with Gasteiger partial charge in [0.05, 0.1) is 19.4 Å². The Labute approximate surface area is 288 Å². The lowest BCUT2D eigenvalue weighted by Gasteiger charge is -2.08. The van der Waals surface area contributed by atoms with E-state index >= 15 is 0 Å². The minimum atomic E-state index is -0.440. The summed E-state index contributed by atoms with van der Waals surface area (Å²) in [5, 5.41) is 0. The second-order valence-corrected chi connectivity index (χ2v) is 10.9. The molecule has 0 unspecified atom stereocenters. The Hall–Kier alpha value is -5.73. The van der Waals surface area contributed by atoms with Gasteiger partial charge in [-0.2, -0.15) is 0 Å². The molecule has 0 atom stereocenters. The number of hydrogen-bond acceptors (Lipinski definition) is 6. The molecule has 250 valence electrons. The lowest BCUT2D eigenvalue weighted by molar-refractivity contribution is -0.142. The Kier molecular flexibility index (Phi) is 12.3. The molecule has 0 saturated carbocycles. The fraction of sp³-hybridized carbons (Fsp3) is 0.195. The molecule has 0 radical (unpaired) electrons. The van der Waals surface area contributed by atoms with Crippen LogP contribution in [0, 0.1) is 0 Å². The molecule has 0 bridgehead atoms. The van der Waals surface area contributed by atoms with E-state index in [9.17, 15) is 4.79 Å². The molecule has 5 aromatic rings. The molecule has 6 rings (SSSR count). The molecule has 0 aliphatic carbocycles. The number of carbonyl (C=O) groups is 1. The molecule has 49 heavy (non-hydrogen) atoms. The quantitative estimate of drug-likeness (QED) is 0.0975. The van der Waals surface area contributed by atoms with E-state index < -0.39 is 5.97 Å². The van der Waals surface area contributed by atoms with E-state index in [4.69, 9.17) is 25.2 Å². The van der Waals surface area contributed by atoms with Crippen LogP contribution in [0.3, 0.4) is 0 Å². The van der Waals surface area contributed by atoms with Crippen LogP contribution in [0.15, 0.2) is 131 Å². The molecule has 1 aromatic heterocycles. The largest absolute Gasteiger partial charge is 0.494 e. The van der Waals surface area contributed by atoms with Crippen molar-refractivity contribution >= 4 is 28.9 Å². The predicted octanol–water partition coefficient (Wildman–Crippen LogP) is 8.66. The van der Waals surface area contributed by atoms with Crippen LogP contribution in [0.25, 0.3) is 28.0 Å². The van der Waals surface area contributed by atoms with Crippen molar-refractivity contribution < 1.29 is 19.0 Å². The number of H-pyrrole nitrogens is 1. The van der Waals surface area contributed by atoms with Gasteiger partial charge in [0, 0.05) is 22.4 Å². The van der Waals surface area contributed by atoms with Gasteiger partial charge >= 0.3 is 5.97 Å². The van der Waals surface area contributed by atoms with E-state index in [0.717, 1.165) is 63.4 Å². The lowest BCUT2D eigenvalue weighted by atomic mass is 10.0. The Morgan fingerprint density at radius 3 is 2.00 bits per heavy atom. The van der Waals surface area contributed by atoms with Crippen molar-refractivity contribution in [1.82, 2.24) is 4.98 Å². The predicted molar refractivity (Wildman–Crippen MR) is 199 cm³/mol. The molecule has 4 aromatic carbocycles. The summed E-state index contributed by atoms with van der Waals surface area (Å²) in [6.45, 7) is 5.15. The van der Waals surface area contributed by atoms with E-state index in [1.54, 1.807) is 0 Å². The van der Waals surface area contributed by atoms with E-state index in [2.05, 4.69) is 34.0 Å². The molecule has 3 N–H and O–H groups in total. The van der Waals surface area contributed by atoms with Crippen molar-refractivity contribution in [2.45, 2.75) is 26.7 Å². The van der Waals surface area contributed by atoms with Crippen LogP contribution in [0.1, 0.15) is 37.8 Å². The molecular formula is C41H42N4O4. The highest BCUT2D eigenvalue weighted by Gasteiger charge is 2.21. The van der Waals surface area contributed by atoms with Crippen molar-refractivity contribution in [3.05, 3.63) is 132 Å². The van der Waals surface area contributed by atoms with Crippen LogP contribution >= 0.6 is 0 Å². The van der Waals surface area contributed by atoms with Crippen LogP contribution in [0.5, 0.6) is 11.5 Å². The van der Waals surface area contributed by atoms with Gasteiger partial charge in [0.25, 0.3) is 0 Å². The van der Waals surface area contributed by atoms with Crippen molar-refractivity contribution in [2.75, 3.05) is 26.9 Å². The fourth-order valence-electron chi connectivity index (χ4n) is 5.19. The number of esters is 1. The number of aliphatic imine (C=N–C) groups is 2. The van der Waals surface area contributed by atoms with Gasteiger partial charge in [-0.1, -0.05) is 86.6 Å². The third-order valence-electron chi connectivity index (χ3n) is 7.70. The van der Waals surface area contributed by atoms with E-state index in [1.165, 1.54) is 7.11 Å². The number of aromatic amines is 1. The van der Waals surface area contributed by atoms with Gasteiger partial charge in [-0.25, -0.2) is 14.8 Å². The summed E-state index contributed by atoms with van der Waals surface area (Å²) < 4.78 is 16.1. The molecule has 0 amide bonds. The first-order valence-corrected chi connectivity index (χ1v) is 16.6. The number of rotatable bonds is 13. The van der Waals surface area contributed by atoms with E-state index in [1.807, 2.05) is 111 Å². The zero-order valence-corrected chi connectivity index (χ0v) is 28.2. The highest BCUT2D eigenvalue weighted by atomic mass is 16.6. The normalized spacial score (nSPS) is 12.9. The molecule has 0 saturated heterocycles. The van der Waals surface area contributed by atoms with Crippen molar-refractivity contribution in [2.24, 2.45) is 15.7 Å². The van der Waals surface area contributed by atoms with E-state index in [-0.39, 0.29) is 6.61 Å². The van der Waals surface area contributed by atoms with Gasteiger partial charge in [-0.05, 0) is 84.6 Å². The first-order valence-electron chi connectivity index (χ1n) is 16.6. The van der Waals surface area contributed by atoms with Gasteiger partial charge < -0.3 is 24.9 Å². The van der Waals surface area contributed by atoms with Crippen LogP contribution in [-0.4, -0.2) is 49.4 Å². The Morgan fingerprint density at radius 2 is 1.37 bits per heavy atom. The summed E-state index contributed by atoms with van der Waals surface area (Å²) in [4.78, 5) is 25.3. The molecule has 1 aliphatic rings. The maximum Gasteiger partial charge on any atom is 0.343 e. The SMILES string of the molecule is CC.COC(=O)COc1ccc(C2=CC(c3ccccc3)=N/C2=N\c2[nH]c(-c3ccc(OCCCCN)cc3)cc2-c2ccccc2)cc1. The number of benzene rings is 4. The van der Waals surface area contributed by atoms with Gasteiger partial charge in [0.2, 0.25) is 0 Å². The molecule has 1 aliphatic heterocycles. The number of hydrogen-bond donors (Lipinski definition) is 2. The Balaban J connectivity index is 0.00000230. The fourth-order valence-corrected chi connectivity index (χ4v) is 5.19. The second kappa shape index (κ2) is 17.4. The number of nitrogens with zero attached hydrogens (tertiary/aromatic N) is 2. The van der Waals surface area contributed by atoms with Gasteiger partial charge in [-0.15, -0.1) is 0 Å². The maximum atomic E-state index is 11.5. The Morgan fingerprint density at radius 1 is 0.755 bits per heavy atom. The molecule has 0 fully saturated rings. The number of aromatic nitrogens is 1. The number of nitrogens with one attached hydrogen (secondary N) is 1. The summed E-state index contributed by atoms with van der Waals surface area (Å²) in [6.07, 6.45) is 3.92. The average molecular weight is 655 g/mol. The van der Waals surface area contributed by atoms with E-state index in [0.29, 0.717) is 30.6 Å². The zero-order valence-electron chi connectivity index (χ0n) is 28.2. The standard InChI is InChI=1S/C39H36N4O4.C2H6/c1-45-37(44)26-47-32-18-14-28(15-19-32)34-25-35(29-12-6-3-7-13-29)41-39(34)43-38-33(27-10-4-2-5-11-27)24-36(42-38)30-16-20-31(21-17-30)46-23-9-8-22-40;1-2/h2-7,10-21,24-25,42H,8-9,22-23,26,40H2,1H3;1-2H3/b43-39-;. The monoisotopic (exact) mass is 654 g/mol. The molecule has 8 heteroatoms. The number of methoxy groups -OCH3 is 1. The first kappa shape index (κ1) is 34.6.